The standard InChI is InChI=1S/C36H50O6S/c1-21(2)28(37)14-11-23(4)26-15-18-35(7)33-29(38)19-27-24(5)31(42-43(40,41)25-12-9-22(3)10-13-25)16-17-34(27,6)32(33)30(39)20-36(26,35)8/h9-10,12-13,21,23-24,26-27,31H,11,14-20H2,1-8H3/t23-,24+,26-,27+,31+,34+,35+,36-/m1/s1. The molecule has 2 fully saturated rings. The number of fused-ring (bicyclic) bond motifs is 4. The van der Waals surface area contributed by atoms with E-state index in [-0.39, 0.29) is 57.2 Å². The second kappa shape index (κ2) is 11.0. The Hall–Kier alpha value is -2.12. The van der Waals surface area contributed by atoms with Crippen LogP contribution in [0.2, 0.25) is 0 Å². The Morgan fingerprint density at radius 2 is 1.63 bits per heavy atom. The van der Waals surface area contributed by atoms with E-state index >= 15 is 0 Å². The molecule has 0 spiro atoms. The lowest BCUT2D eigenvalue weighted by Crippen LogP contribution is -2.56. The van der Waals surface area contributed by atoms with E-state index in [1.54, 1.807) is 24.3 Å². The van der Waals surface area contributed by atoms with Gasteiger partial charge in [-0.2, -0.15) is 8.42 Å². The van der Waals surface area contributed by atoms with Gasteiger partial charge < -0.3 is 0 Å². The molecule has 1 aromatic carbocycles. The highest BCUT2D eigenvalue weighted by atomic mass is 32.2. The van der Waals surface area contributed by atoms with Crippen LogP contribution >= 0.6 is 0 Å². The molecule has 6 nitrogen and oxygen atoms in total. The molecule has 0 amide bonds. The van der Waals surface area contributed by atoms with Crippen LogP contribution in [0.4, 0.5) is 0 Å². The van der Waals surface area contributed by atoms with E-state index in [2.05, 4.69) is 27.7 Å². The zero-order valence-corrected chi connectivity index (χ0v) is 28.1. The fourth-order valence-electron chi connectivity index (χ4n) is 9.67. The maximum absolute atomic E-state index is 14.3. The highest BCUT2D eigenvalue weighted by Gasteiger charge is 2.66. The number of hydrogen-bond donors (Lipinski definition) is 0. The Morgan fingerprint density at radius 3 is 2.26 bits per heavy atom. The summed E-state index contributed by atoms with van der Waals surface area (Å²) in [6, 6.07) is 6.65. The topological polar surface area (TPSA) is 94.6 Å². The van der Waals surface area contributed by atoms with E-state index in [0.717, 1.165) is 36.0 Å². The maximum atomic E-state index is 14.3. The third-order valence-corrected chi connectivity index (χ3v) is 14.0. The summed E-state index contributed by atoms with van der Waals surface area (Å²) in [7, 11) is -3.96. The van der Waals surface area contributed by atoms with Crippen molar-refractivity contribution in [1.82, 2.24) is 0 Å². The summed E-state index contributed by atoms with van der Waals surface area (Å²) >= 11 is 0. The number of benzene rings is 1. The van der Waals surface area contributed by atoms with Crippen LogP contribution in [0, 0.1) is 52.8 Å². The van der Waals surface area contributed by atoms with Gasteiger partial charge in [-0.1, -0.05) is 66.2 Å². The van der Waals surface area contributed by atoms with Crippen LogP contribution in [0.15, 0.2) is 40.3 Å². The second-order valence-electron chi connectivity index (χ2n) is 15.3. The van der Waals surface area contributed by atoms with Gasteiger partial charge in [-0.15, -0.1) is 0 Å². The predicted octanol–water partition coefficient (Wildman–Crippen LogP) is 7.43. The van der Waals surface area contributed by atoms with Crippen LogP contribution < -0.4 is 0 Å². The second-order valence-corrected chi connectivity index (χ2v) is 16.9. The van der Waals surface area contributed by atoms with Gasteiger partial charge >= 0.3 is 0 Å². The van der Waals surface area contributed by atoms with Crippen LogP contribution in [0.1, 0.15) is 105 Å². The van der Waals surface area contributed by atoms with E-state index in [4.69, 9.17) is 4.18 Å². The molecule has 2 saturated carbocycles. The van der Waals surface area contributed by atoms with Crippen molar-refractivity contribution in [1.29, 1.82) is 0 Å². The van der Waals surface area contributed by atoms with E-state index in [0.29, 0.717) is 32.1 Å². The molecule has 5 rings (SSSR count). The van der Waals surface area contributed by atoms with Crippen molar-refractivity contribution in [2.75, 3.05) is 0 Å². The Morgan fingerprint density at radius 1 is 0.977 bits per heavy atom. The SMILES string of the molecule is Cc1ccc(S(=O)(=O)O[C@H]2CC[C@]3(C)C4=C(C(=O)C[C@H]3[C@@H]2C)[C@]2(C)CC[C@H]([C@H](C)CCC(=O)C(C)C)[C@@]2(C)CC4=O)cc1. The third kappa shape index (κ3) is 5.10. The molecule has 4 aliphatic rings. The largest absolute Gasteiger partial charge is 0.299 e. The summed E-state index contributed by atoms with van der Waals surface area (Å²) in [5, 5.41) is 0. The first kappa shape index (κ1) is 32.3. The molecule has 0 saturated heterocycles. The number of carbonyl (C=O) groups is 3. The molecule has 236 valence electrons. The molecule has 0 radical (unpaired) electrons. The number of allylic oxidation sites excluding steroid dienone is 2. The highest BCUT2D eigenvalue weighted by Crippen LogP contribution is 2.70. The fourth-order valence-corrected chi connectivity index (χ4v) is 10.8. The van der Waals surface area contributed by atoms with Crippen molar-refractivity contribution in [3.05, 3.63) is 41.0 Å². The van der Waals surface area contributed by atoms with Gasteiger partial charge in [0.1, 0.15) is 5.78 Å². The summed E-state index contributed by atoms with van der Waals surface area (Å²) in [5.41, 5.74) is 1.23. The Bertz CT molecular complexity index is 1450. The van der Waals surface area contributed by atoms with E-state index in [9.17, 15) is 22.8 Å². The van der Waals surface area contributed by atoms with Gasteiger partial charge in [0.05, 0.1) is 11.0 Å². The number of hydrogen-bond acceptors (Lipinski definition) is 6. The van der Waals surface area contributed by atoms with Crippen molar-refractivity contribution in [2.45, 2.75) is 118 Å². The predicted molar refractivity (Wildman–Crippen MR) is 167 cm³/mol. The van der Waals surface area contributed by atoms with Crippen molar-refractivity contribution in [3.8, 4) is 0 Å². The number of carbonyl (C=O) groups excluding carboxylic acids is 3. The zero-order valence-electron chi connectivity index (χ0n) is 27.3. The van der Waals surface area contributed by atoms with E-state index < -0.39 is 27.1 Å². The molecule has 0 unspecified atom stereocenters. The first-order valence-corrected chi connectivity index (χ1v) is 17.7. The maximum Gasteiger partial charge on any atom is 0.297 e. The van der Waals surface area contributed by atoms with Crippen molar-refractivity contribution in [3.63, 3.8) is 0 Å². The van der Waals surface area contributed by atoms with Crippen LogP contribution in [0.5, 0.6) is 0 Å². The number of aryl methyl sites for hydroxylation is 1. The van der Waals surface area contributed by atoms with Gasteiger partial charge in [0.25, 0.3) is 10.1 Å². The average molecular weight is 611 g/mol. The monoisotopic (exact) mass is 610 g/mol. The minimum atomic E-state index is -3.96. The fraction of sp³-hybridized carbons (Fsp3) is 0.694. The third-order valence-electron chi connectivity index (χ3n) is 12.6. The smallest absolute Gasteiger partial charge is 0.297 e. The van der Waals surface area contributed by atoms with Gasteiger partial charge in [-0.25, -0.2) is 0 Å². The molecule has 4 aliphatic carbocycles. The van der Waals surface area contributed by atoms with Gasteiger partial charge in [0, 0.05) is 47.2 Å². The number of rotatable bonds is 8. The first-order chi connectivity index (χ1) is 20.0. The average Bonchev–Trinajstić information content (AvgIpc) is 3.20. The number of Topliss-reactive ketones (excluding diaryl/α,β-unsaturated/α-hetero) is 3. The molecule has 0 aromatic heterocycles. The Kier molecular flexibility index (Phi) is 8.29. The summed E-state index contributed by atoms with van der Waals surface area (Å²) in [5.74, 6) is 0.632. The van der Waals surface area contributed by atoms with E-state index in [1.165, 1.54) is 0 Å². The molecule has 0 N–H and O–H groups in total. The van der Waals surface area contributed by atoms with Crippen molar-refractivity contribution >= 4 is 27.5 Å². The zero-order chi connectivity index (χ0) is 31.7. The Labute approximate surface area is 258 Å². The lowest BCUT2D eigenvalue weighted by Gasteiger charge is -2.58. The first-order valence-electron chi connectivity index (χ1n) is 16.3. The minimum Gasteiger partial charge on any atom is -0.299 e. The molecule has 7 heteroatoms. The van der Waals surface area contributed by atoms with Gasteiger partial charge in [-0.3, -0.25) is 18.6 Å². The van der Waals surface area contributed by atoms with Crippen LogP contribution in [0.25, 0.3) is 0 Å². The normalized spacial score (nSPS) is 36.8. The lowest BCUT2D eigenvalue weighted by atomic mass is 9.44. The summed E-state index contributed by atoms with van der Waals surface area (Å²) in [6.07, 6.45) is 4.48. The Balaban J connectivity index is 1.43. The highest BCUT2D eigenvalue weighted by molar-refractivity contribution is 7.86. The molecule has 8 atom stereocenters. The summed E-state index contributed by atoms with van der Waals surface area (Å²) in [6.45, 7) is 16.6. The van der Waals surface area contributed by atoms with Crippen molar-refractivity contribution < 1.29 is 27.0 Å². The molecular formula is C36H50O6S. The minimum absolute atomic E-state index is 0.0275. The molecule has 0 aliphatic heterocycles. The molecule has 0 heterocycles. The lowest BCUT2D eigenvalue weighted by molar-refractivity contribution is -0.134. The van der Waals surface area contributed by atoms with E-state index in [1.807, 2.05) is 27.7 Å². The quantitative estimate of drug-likeness (QED) is 0.284. The van der Waals surface area contributed by atoms with Gasteiger partial charge in [0.2, 0.25) is 0 Å². The van der Waals surface area contributed by atoms with Crippen molar-refractivity contribution in [2.24, 2.45) is 45.8 Å². The molecule has 1 aromatic rings. The summed E-state index contributed by atoms with van der Waals surface area (Å²) < 4.78 is 32.2. The molecular weight excluding hydrogens is 560 g/mol. The van der Waals surface area contributed by atoms with Gasteiger partial charge in [-0.05, 0) is 80.2 Å². The molecule has 0 bridgehead atoms. The summed E-state index contributed by atoms with van der Waals surface area (Å²) in [4.78, 5) is 41.0. The number of ketones is 3. The van der Waals surface area contributed by atoms with Crippen LogP contribution in [-0.4, -0.2) is 31.9 Å². The van der Waals surface area contributed by atoms with Crippen LogP contribution in [0.3, 0.4) is 0 Å². The van der Waals surface area contributed by atoms with Crippen LogP contribution in [-0.2, 0) is 28.7 Å². The molecule has 43 heavy (non-hydrogen) atoms. The van der Waals surface area contributed by atoms with Gasteiger partial charge in [0.15, 0.2) is 11.6 Å².